The third kappa shape index (κ3) is 3.02. The summed E-state index contributed by atoms with van der Waals surface area (Å²) in [6, 6.07) is 0. The van der Waals surface area contributed by atoms with Crippen molar-refractivity contribution in [2.45, 2.75) is 32.1 Å². The van der Waals surface area contributed by atoms with Crippen molar-refractivity contribution >= 4 is 17.8 Å². The van der Waals surface area contributed by atoms with Crippen molar-refractivity contribution in [1.29, 1.82) is 0 Å². The van der Waals surface area contributed by atoms with E-state index in [9.17, 15) is 0 Å². The maximum atomic E-state index is 5.48. The van der Waals surface area contributed by atoms with E-state index in [2.05, 4.69) is 25.3 Å². The van der Waals surface area contributed by atoms with Gasteiger partial charge in [-0.15, -0.1) is 0 Å². The molecular weight excluding hydrogens is 266 g/mol. The molecule has 1 aromatic rings. The number of hydrogen-bond donors (Lipinski definition) is 2. The average Bonchev–Trinajstić information content (AvgIpc) is 2.53. The summed E-state index contributed by atoms with van der Waals surface area (Å²) in [7, 11) is 3.85. The molecule has 116 valence electrons. The normalized spacial score (nSPS) is 25.4. The van der Waals surface area contributed by atoms with Gasteiger partial charge in [0.2, 0.25) is 17.8 Å². The summed E-state index contributed by atoms with van der Waals surface area (Å²) in [5.41, 5.74) is 2.54. The summed E-state index contributed by atoms with van der Waals surface area (Å²) >= 11 is 0. The van der Waals surface area contributed by atoms with Crippen molar-refractivity contribution in [2.75, 3.05) is 42.4 Å². The molecule has 0 radical (unpaired) electrons. The third-order valence-corrected chi connectivity index (χ3v) is 4.71. The molecule has 7 heteroatoms. The number of hydrogen-bond acceptors (Lipinski definition) is 7. The minimum absolute atomic E-state index is 0.425. The highest BCUT2D eigenvalue weighted by Gasteiger charge is 2.32. The van der Waals surface area contributed by atoms with E-state index in [-0.39, 0.29) is 0 Å². The fourth-order valence-electron chi connectivity index (χ4n) is 3.54. The van der Waals surface area contributed by atoms with Crippen molar-refractivity contribution in [3.05, 3.63) is 0 Å². The van der Waals surface area contributed by atoms with Crippen molar-refractivity contribution in [2.24, 2.45) is 17.7 Å². The maximum Gasteiger partial charge on any atom is 0.243 e. The van der Waals surface area contributed by atoms with E-state index >= 15 is 0 Å². The van der Waals surface area contributed by atoms with E-state index in [1.807, 2.05) is 19.0 Å². The second kappa shape index (κ2) is 6.01. The third-order valence-electron chi connectivity index (χ3n) is 4.71. The minimum Gasteiger partial charge on any atom is -0.347 e. The fourth-order valence-corrected chi connectivity index (χ4v) is 3.54. The number of aromatic nitrogens is 3. The van der Waals surface area contributed by atoms with E-state index in [1.54, 1.807) is 0 Å². The number of hydrazine groups is 1. The first-order valence-corrected chi connectivity index (χ1v) is 7.82. The number of nitrogens with two attached hydrogens (primary N) is 1. The molecule has 0 amide bonds. The van der Waals surface area contributed by atoms with Gasteiger partial charge in [-0.1, -0.05) is 19.3 Å². The molecule has 0 bridgehead atoms. The van der Waals surface area contributed by atoms with Crippen molar-refractivity contribution < 1.29 is 0 Å². The summed E-state index contributed by atoms with van der Waals surface area (Å²) < 4.78 is 0. The first-order chi connectivity index (χ1) is 10.2. The minimum atomic E-state index is 0.425. The summed E-state index contributed by atoms with van der Waals surface area (Å²) in [5.74, 6) is 8.98. The predicted molar refractivity (Wildman–Crippen MR) is 84.2 cm³/mol. The lowest BCUT2D eigenvalue weighted by molar-refractivity contribution is 0.201. The largest absolute Gasteiger partial charge is 0.347 e. The van der Waals surface area contributed by atoms with Crippen LogP contribution in [-0.4, -0.2) is 42.1 Å². The predicted octanol–water partition coefficient (Wildman–Crippen LogP) is 1.24. The summed E-state index contributed by atoms with van der Waals surface area (Å²) in [5, 5.41) is 0. The Morgan fingerprint density at radius 2 is 1.86 bits per heavy atom. The molecule has 2 aliphatic rings. The van der Waals surface area contributed by atoms with E-state index in [4.69, 9.17) is 5.84 Å². The monoisotopic (exact) mass is 291 g/mol. The highest BCUT2D eigenvalue weighted by molar-refractivity contribution is 5.44. The Morgan fingerprint density at radius 3 is 2.57 bits per heavy atom. The Hall–Kier alpha value is -1.63. The molecule has 0 aromatic carbocycles. The Bertz CT molecular complexity index is 490. The first kappa shape index (κ1) is 14.3. The van der Waals surface area contributed by atoms with Crippen LogP contribution in [0.5, 0.6) is 0 Å². The molecule has 0 spiro atoms. The van der Waals surface area contributed by atoms with Crippen LogP contribution in [0.2, 0.25) is 0 Å². The van der Waals surface area contributed by atoms with Crippen LogP contribution < -0.4 is 21.1 Å². The topological polar surface area (TPSA) is 83.2 Å². The second-order valence-electron chi connectivity index (χ2n) is 6.34. The molecule has 1 saturated heterocycles. The summed E-state index contributed by atoms with van der Waals surface area (Å²) in [6.45, 7) is 2.09. The van der Waals surface area contributed by atoms with Crippen LogP contribution in [-0.2, 0) is 0 Å². The van der Waals surface area contributed by atoms with Crippen molar-refractivity contribution in [1.82, 2.24) is 15.0 Å². The van der Waals surface area contributed by atoms with Crippen LogP contribution in [0.1, 0.15) is 32.1 Å². The number of nitrogens with one attached hydrogen (secondary N) is 1. The van der Waals surface area contributed by atoms with E-state index in [0.29, 0.717) is 11.9 Å². The number of rotatable bonds is 3. The Kier molecular flexibility index (Phi) is 4.10. The van der Waals surface area contributed by atoms with Gasteiger partial charge in [0.05, 0.1) is 0 Å². The number of piperidine rings is 1. The lowest BCUT2D eigenvalue weighted by Gasteiger charge is -2.41. The molecule has 7 nitrogen and oxygen atoms in total. The quantitative estimate of drug-likeness (QED) is 0.640. The van der Waals surface area contributed by atoms with Gasteiger partial charge >= 0.3 is 0 Å². The second-order valence-corrected chi connectivity index (χ2v) is 6.34. The standard InChI is InChI=1S/C14H25N7/c1-20(2)13-16-12(19-15)17-14(18-13)21-8-7-10-5-3-4-6-11(10)9-21/h10-11H,3-9,15H2,1-2H3,(H,16,17,18,19). The molecule has 2 fully saturated rings. The van der Waals surface area contributed by atoms with Crippen LogP contribution in [0.3, 0.4) is 0 Å². The lowest BCUT2D eigenvalue weighted by Crippen LogP contribution is -2.42. The zero-order chi connectivity index (χ0) is 14.8. The van der Waals surface area contributed by atoms with E-state index in [0.717, 1.165) is 30.9 Å². The zero-order valence-corrected chi connectivity index (χ0v) is 12.9. The maximum absolute atomic E-state index is 5.48. The average molecular weight is 291 g/mol. The molecule has 3 rings (SSSR count). The highest BCUT2D eigenvalue weighted by atomic mass is 15.4. The van der Waals surface area contributed by atoms with Gasteiger partial charge in [-0.05, 0) is 24.7 Å². The summed E-state index contributed by atoms with van der Waals surface area (Å²) in [6.07, 6.45) is 6.76. The van der Waals surface area contributed by atoms with Crippen LogP contribution in [0, 0.1) is 11.8 Å². The molecule has 2 unspecified atom stereocenters. The van der Waals surface area contributed by atoms with Gasteiger partial charge in [0, 0.05) is 27.2 Å². The molecule has 21 heavy (non-hydrogen) atoms. The van der Waals surface area contributed by atoms with Crippen molar-refractivity contribution in [3.63, 3.8) is 0 Å². The molecule has 1 aliphatic carbocycles. The summed E-state index contributed by atoms with van der Waals surface area (Å²) in [4.78, 5) is 17.4. The highest BCUT2D eigenvalue weighted by Crippen LogP contribution is 2.37. The van der Waals surface area contributed by atoms with Gasteiger partial charge in [0.25, 0.3) is 0 Å². The van der Waals surface area contributed by atoms with E-state index < -0.39 is 0 Å². The molecule has 2 heterocycles. The van der Waals surface area contributed by atoms with Crippen LogP contribution in [0.15, 0.2) is 0 Å². The Labute approximate surface area is 125 Å². The van der Waals surface area contributed by atoms with Crippen LogP contribution in [0.4, 0.5) is 17.8 Å². The van der Waals surface area contributed by atoms with Gasteiger partial charge in [-0.2, -0.15) is 15.0 Å². The fraction of sp³-hybridized carbons (Fsp3) is 0.786. The molecule has 1 saturated carbocycles. The number of nitrogens with zero attached hydrogens (tertiary/aromatic N) is 5. The molecule has 3 N–H and O–H groups in total. The number of anilines is 3. The smallest absolute Gasteiger partial charge is 0.243 e. The Balaban J connectivity index is 1.81. The van der Waals surface area contributed by atoms with Crippen LogP contribution >= 0.6 is 0 Å². The number of nitrogen functional groups attached to an aromatic ring is 1. The molecular formula is C14H25N7. The van der Waals surface area contributed by atoms with Crippen molar-refractivity contribution in [3.8, 4) is 0 Å². The SMILES string of the molecule is CN(C)c1nc(NN)nc(N2CCC3CCCCC3C2)n1. The number of fused-ring (bicyclic) bond motifs is 1. The van der Waals surface area contributed by atoms with Gasteiger partial charge < -0.3 is 9.80 Å². The van der Waals surface area contributed by atoms with E-state index in [1.165, 1.54) is 32.1 Å². The van der Waals surface area contributed by atoms with Gasteiger partial charge in [-0.3, -0.25) is 5.43 Å². The lowest BCUT2D eigenvalue weighted by atomic mass is 9.75. The molecule has 1 aromatic heterocycles. The van der Waals surface area contributed by atoms with Gasteiger partial charge in [0.1, 0.15) is 0 Å². The zero-order valence-electron chi connectivity index (χ0n) is 12.9. The van der Waals surface area contributed by atoms with Gasteiger partial charge in [0.15, 0.2) is 0 Å². The molecule has 2 atom stereocenters. The molecule has 1 aliphatic heterocycles. The van der Waals surface area contributed by atoms with Crippen LogP contribution in [0.25, 0.3) is 0 Å². The Morgan fingerprint density at radius 1 is 1.10 bits per heavy atom. The van der Waals surface area contributed by atoms with Gasteiger partial charge in [-0.25, -0.2) is 5.84 Å². The first-order valence-electron chi connectivity index (χ1n) is 7.82.